The van der Waals surface area contributed by atoms with Crippen LogP contribution in [-0.4, -0.2) is 20.1 Å². The van der Waals surface area contributed by atoms with Gasteiger partial charge in [-0.15, -0.1) is 0 Å². The first-order chi connectivity index (χ1) is 14.5. The van der Waals surface area contributed by atoms with Crippen molar-refractivity contribution in [1.29, 1.82) is 0 Å². The number of hydrogen-bond acceptors (Lipinski definition) is 4. The summed E-state index contributed by atoms with van der Waals surface area (Å²) in [4.78, 5) is 12.7. The Balaban J connectivity index is 1.72. The molecular weight excluding hydrogens is 385 g/mol. The predicted octanol–water partition coefficient (Wildman–Crippen LogP) is 4.91. The van der Waals surface area contributed by atoms with Gasteiger partial charge in [-0.2, -0.15) is 0 Å². The van der Waals surface area contributed by atoms with Gasteiger partial charge in [0.2, 0.25) is 0 Å². The van der Waals surface area contributed by atoms with E-state index in [-0.39, 0.29) is 24.4 Å². The SMILES string of the molecule is COc1cccc(OCc2cc(C(=O)NC(C)c3ccc(F)cc3)ccc2OC)c1. The molecule has 0 spiro atoms. The van der Waals surface area contributed by atoms with Crippen LogP contribution in [-0.2, 0) is 6.61 Å². The molecule has 1 atom stereocenters. The van der Waals surface area contributed by atoms with Crippen LogP contribution in [0.25, 0.3) is 0 Å². The number of rotatable bonds is 8. The molecule has 0 aliphatic heterocycles. The Hall–Kier alpha value is -3.54. The van der Waals surface area contributed by atoms with E-state index in [1.807, 2.05) is 25.1 Å². The molecule has 0 aliphatic carbocycles. The lowest BCUT2D eigenvalue weighted by Gasteiger charge is -2.16. The number of nitrogens with one attached hydrogen (secondary N) is 1. The molecule has 0 saturated heterocycles. The van der Waals surface area contributed by atoms with E-state index < -0.39 is 0 Å². The van der Waals surface area contributed by atoms with E-state index in [0.29, 0.717) is 22.8 Å². The quantitative estimate of drug-likeness (QED) is 0.574. The van der Waals surface area contributed by atoms with Crippen molar-refractivity contribution >= 4 is 5.91 Å². The topological polar surface area (TPSA) is 56.8 Å². The summed E-state index contributed by atoms with van der Waals surface area (Å²) in [5.74, 6) is 1.42. The van der Waals surface area contributed by atoms with Gasteiger partial charge in [-0.3, -0.25) is 4.79 Å². The standard InChI is InChI=1S/C24H24FNO4/c1-16(17-7-10-20(25)11-8-17)26-24(27)18-9-12-23(29-3)19(13-18)15-30-22-6-4-5-21(14-22)28-2/h4-14,16H,15H2,1-3H3,(H,26,27). The maximum Gasteiger partial charge on any atom is 0.251 e. The molecule has 6 heteroatoms. The van der Waals surface area contributed by atoms with Gasteiger partial charge in [0.15, 0.2) is 0 Å². The maximum atomic E-state index is 13.1. The fourth-order valence-electron chi connectivity index (χ4n) is 3.00. The minimum Gasteiger partial charge on any atom is -0.497 e. The van der Waals surface area contributed by atoms with Gasteiger partial charge in [0.1, 0.15) is 29.7 Å². The van der Waals surface area contributed by atoms with Crippen LogP contribution in [0.2, 0.25) is 0 Å². The Morgan fingerprint density at radius 2 is 1.70 bits per heavy atom. The van der Waals surface area contributed by atoms with Crippen LogP contribution in [0, 0.1) is 5.82 Å². The Labute approximate surface area is 175 Å². The third kappa shape index (κ3) is 5.29. The Morgan fingerprint density at radius 1 is 0.967 bits per heavy atom. The van der Waals surface area contributed by atoms with Gasteiger partial charge in [0.05, 0.1) is 20.3 Å². The summed E-state index contributed by atoms with van der Waals surface area (Å²) >= 11 is 0. The van der Waals surface area contributed by atoms with Crippen LogP contribution in [0.3, 0.4) is 0 Å². The van der Waals surface area contributed by atoms with Crippen molar-refractivity contribution < 1.29 is 23.4 Å². The maximum absolute atomic E-state index is 13.1. The van der Waals surface area contributed by atoms with Crippen molar-refractivity contribution in [2.45, 2.75) is 19.6 Å². The Kier molecular flexibility index (Phi) is 6.91. The minimum absolute atomic E-state index is 0.227. The van der Waals surface area contributed by atoms with Crippen molar-refractivity contribution in [1.82, 2.24) is 5.32 Å². The van der Waals surface area contributed by atoms with Crippen LogP contribution < -0.4 is 19.5 Å². The van der Waals surface area contributed by atoms with Gasteiger partial charge in [-0.1, -0.05) is 18.2 Å². The van der Waals surface area contributed by atoms with Gasteiger partial charge in [0, 0.05) is 17.2 Å². The molecule has 30 heavy (non-hydrogen) atoms. The fourth-order valence-corrected chi connectivity index (χ4v) is 3.00. The molecule has 156 valence electrons. The molecule has 3 aromatic rings. The third-order valence-electron chi connectivity index (χ3n) is 4.70. The van der Waals surface area contributed by atoms with Crippen LogP contribution in [0.5, 0.6) is 17.2 Å². The highest BCUT2D eigenvalue weighted by Crippen LogP contribution is 2.25. The van der Waals surface area contributed by atoms with Crippen molar-refractivity contribution in [3.63, 3.8) is 0 Å². The molecule has 0 heterocycles. The van der Waals surface area contributed by atoms with Gasteiger partial charge in [-0.05, 0) is 55.0 Å². The molecule has 0 radical (unpaired) electrons. The highest BCUT2D eigenvalue weighted by Gasteiger charge is 2.14. The number of halogens is 1. The summed E-state index contributed by atoms with van der Waals surface area (Å²) in [6.45, 7) is 2.08. The average Bonchev–Trinajstić information content (AvgIpc) is 2.78. The van der Waals surface area contributed by atoms with Crippen molar-refractivity contribution in [2.75, 3.05) is 14.2 Å². The molecule has 0 aliphatic rings. The molecule has 0 bridgehead atoms. The van der Waals surface area contributed by atoms with E-state index in [4.69, 9.17) is 14.2 Å². The zero-order valence-corrected chi connectivity index (χ0v) is 17.1. The molecule has 3 aromatic carbocycles. The van der Waals surface area contributed by atoms with E-state index in [0.717, 1.165) is 11.1 Å². The van der Waals surface area contributed by atoms with Crippen LogP contribution >= 0.6 is 0 Å². The molecule has 1 N–H and O–H groups in total. The van der Waals surface area contributed by atoms with E-state index >= 15 is 0 Å². The van der Waals surface area contributed by atoms with Crippen LogP contribution in [0.4, 0.5) is 4.39 Å². The number of ether oxygens (including phenoxy) is 3. The molecule has 0 fully saturated rings. The van der Waals surface area contributed by atoms with E-state index in [2.05, 4.69) is 5.32 Å². The second-order valence-corrected chi connectivity index (χ2v) is 6.74. The van der Waals surface area contributed by atoms with Gasteiger partial charge in [-0.25, -0.2) is 4.39 Å². The smallest absolute Gasteiger partial charge is 0.251 e. The molecular formula is C24H24FNO4. The lowest BCUT2D eigenvalue weighted by molar-refractivity contribution is 0.0939. The molecule has 5 nitrogen and oxygen atoms in total. The highest BCUT2D eigenvalue weighted by molar-refractivity contribution is 5.94. The molecule has 3 rings (SSSR count). The number of methoxy groups -OCH3 is 2. The number of benzene rings is 3. The van der Waals surface area contributed by atoms with Gasteiger partial charge in [0.25, 0.3) is 5.91 Å². The Bertz CT molecular complexity index is 1000. The van der Waals surface area contributed by atoms with Gasteiger partial charge >= 0.3 is 0 Å². The highest BCUT2D eigenvalue weighted by atomic mass is 19.1. The van der Waals surface area contributed by atoms with Gasteiger partial charge < -0.3 is 19.5 Å². The third-order valence-corrected chi connectivity index (χ3v) is 4.70. The first-order valence-corrected chi connectivity index (χ1v) is 9.50. The second-order valence-electron chi connectivity index (χ2n) is 6.74. The lowest BCUT2D eigenvalue weighted by Crippen LogP contribution is -2.26. The summed E-state index contributed by atoms with van der Waals surface area (Å²) < 4.78 is 29.6. The number of carbonyl (C=O) groups is 1. The molecule has 0 aromatic heterocycles. The molecule has 0 saturated carbocycles. The summed E-state index contributed by atoms with van der Waals surface area (Å²) in [6.07, 6.45) is 0. The summed E-state index contributed by atoms with van der Waals surface area (Å²) in [5.41, 5.74) is 2.04. The molecule has 1 amide bonds. The van der Waals surface area contributed by atoms with Crippen LogP contribution in [0.1, 0.15) is 34.5 Å². The number of carbonyl (C=O) groups excluding carboxylic acids is 1. The van der Waals surface area contributed by atoms with Crippen molar-refractivity contribution in [3.8, 4) is 17.2 Å². The Morgan fingerprint density at radius 3 is 2.40 bits per heavy atom. The number of amides is 1. The zero-order valence-electron chi connectivity index (χ0n) is 17.1. The lowest BCUT2D eigenvalue weighted by atomic mass is 10.1. The van der Waals surface area contributed by atoms with Crippen LogP contribution in [0.15, 0.2) is 66.7 Å². The first kappa shape index (κ1) is 21.2. The summed E-state index contributed by atoms with van der Waals surface area (Å²) in [6, 6.07) is 18.3. The van der Waals surface area contributed by atoms with E-state index in [1.165, 1.54) is 12.1 Å². The number of hydrogen-bond donors (Lipinski definition) is 1. The first-order valence-electron chi connectivity index (χ1n) is 9.50. The van der Waals surface area contributed by atoms with E-state index in [9.17, 15) is 9.18 Å². The summed E-state index contributed by atoms with van der Waals surface area (Å²) in [7, 11) is 3.16. The fraction of sp³-hybridized carbons (Fsp3) is 0.208. The van der Waals surface area contributed by atoms with Crippen molar-refractivity contribution in [2.24, 2.45) is 0 Å². The largest absolute Gasteiger partial charge is 0.497 e. The second kappa shape index (κ2) is 9.78. The normalized spacial score (nSPS) is 11.5. The predicted molar refractivity (Wildman–Crippen MR) is 113 cm³/mol. The monoisotopic (exact) mass is 409 g/mol. The summed E-state index contributed by atoms with van der Waals surface area (Å²) in [5, 5.41) is 2.93. The van der Waals surface area contributed by atoms with Crippen molar-refractivity contribution in [3.05, 3.63) is 89.2 Å². The van der Waals surface area contributed by atoms with E-state index in [1.54, 1.807) is 50.6 Å². The average molecular weight is 409 g/mol. The zero-order chi connectivity index (χ0) is 21.5. The minimum atomic E-state index is -0.312. The molecule has 1 unspecified atom stereocenters.